The third kappa shape index (κ3) is 8.77. The second-order valence-electron chi connectivity index (χ2n) is 8.20. The Labute approximate surface area is 200 Å². The predicted molar refractivity (Wildman–Crippen MR) is 131 cm³/mol. The first-order valence-electron chi connectivity index (χ1n) is 11.0. The van der Waals surface area contributed by atoms with Gasteiger partial charge in [0.15, 0.2) is 11.5 Å². The molecule has 0 bridgehead atoms. The third-order valence-corrected chi connectivity index (χ3v) is 4.71. The minimum absolute atomic E-state index is 0.0176. The van der Waals surface area contributed by atoms with Crippen LogP contribution in [0.15, 0.2) is 47.6 Å². The third-order valence-electron chi connectivity index (χ3n) is 4.45. The van der Waals surface area contributed by atoms with Gasteiger partial charge in [0.05, 0.1) is 18.9 Å². The van der Waals surface area contributed by atoms with E-state index in [1.54, 1.807) is 30.3 Å². The molecule has 7 nitrogen and oxygen atoms in total. The number of carbonyl (C=O) groups excluding carboxylic acids is 2. The first-order chi connectivity index (χ1) is 15.7. The van der Waals surface area contributed by atoms with Crippen LogP contribution in [0, 0.1) is 5.92 Å². The molecule has 1 atom stereocenters. The van der Waals surface area contributed by atoms with Crippen LogP contribution in [0.5, 0.6) is 11.5 Å². The van der Waals surface area contributed by atoms with Gasteiger partial charge in [0.2, 0.25) is 0 Å². The molecule has 0 spiro atoms. The molecule has 178 valence electrons. The molecule has 33 heavy (non-hydrogen) atoms. The van der Waals surface area contributed by atoms with Gasteiger partial charge in [-0.1, -0.05) is 25.4 Å². The van der Waals surface area contributed by atoms with Crippen molar-refractivity contribution in [1.82, 2.24) is 10.7 Å². The van der Waals surface area contributed by atoms with Crippen LogP contribution in [0.1, 0.15) is 57.0 Å². The Bertz CT molecular complexity index is 959. The molecule has 0 saturated heterocycles. The number of rotatable bonds is 11. The first-order valence-corrected chi connectivity index (χ1v) is 11.4. The Morgan fingerprint density at radius 2 is 1.76 bits per heavy atom. The lowest BCUT2D eigenvalue weighted by atomic mass is 10.0. The van der Waals surface area contributed by atoms with Crippen LogP contribution in [-0.4, -0.2) is 36.8 Å². The Hall–Kier alpha value is -3.06. The van der Waals surface area contributed by atoms with E-state index < -0.39 is 11.9 Å². The number of amides is 2. The van der Waals surface area contributed by atoms with E-state index >= 15 is 0 Å². The molecule has 0 saturated carbocycles. The summed E-state index contributed by atoms with van der Waals surface area (Å²) in [6.45, 7) is 10.2. The van der Waals surface area contributed by atoms with Gasteiger partial charge in [0.25, 0.3) is 11.8 Å². The number of hydrogen-bond donors (Lipinski definition) is 2. The normalized spacial score (nSPS) is 12.1. The molecule has 2 aromatic carbocycles. The Balaban J connectivity index is 2.07. The van der Waals surface area contributed by atoms with Gasteiger partial charge in [-0.05, 0) is 81.1 Å². The maximum atomic E-state index is 12.7. The van der Waals surface area contributed by atoms with Crippen molar-refractivity contribution in [1.29, 1.82) is 0 Å². The van der Waals surface area contributed by atoms with E-state index in [1.165, 1.54) is 6.21 Å². The quantitative estimate of drug-likeness (QED) is 0.361. The largest absolute Gasteiger partial charge is 0.490 e. The lowest BCUT2D eigenvalue weighted by Crippen LogP contribution is -2.46. The summed E-state index contributed by atoms with van der Waals surface area (Å²) in [6, 6.07) is 11.2. The van der Waals surface area contributed by atoms with Gasteiger partial charge in [0.1, 0.15) is 6.04 Å². The Morgan fingerprint density at radius 1 is 1.06 bits per heavy atom. The van der Waals surface area contributed by atoms with E-state index in [0.29, 0.717) is 35.1 Å². The van der Waals surface area contributed by atoms with Crippen molar-refractivity contribution >= 4 is 29.6 Å². The summed E-state index contributed by atoms with van der Waals surface area (Å²) < 4.78 is 11.4. The number of benzene rings is 2. The molecular weight excluding hydrogens is 442 g/mol. The van der Waals surface area contributed by atoms with Gasteiger partial charge in [-0.25, -0.2) is 5.43 Å². The van der Waals surface area contributed by atoms with Crippen molar-refractivity contribution in [2.45, 2.75) is 53.2 Å². The summed E-state index contributed by atoms with van der Waals surface area (Å²) in [5.74, 6) is 0.701. The fourth-order valence-corrected chi connectivity index (χ4v) is 3.14. The van der Waals surface area contributed by atoms with E-state index in [1.807, 2.05) is 46.8 Å². The van der Waals surface area contributed by atoms with Crippen molar-refractivity contribution in [3.05, 3.63) is 58.6 Å². The average molecular weight is 474 g/mol. The number of nitrogens with one attached hydrogen (secondary N) is 2. The smallest absolute Gasteiger partial charge is 0.262 e. The summed E-state index contributed by atoms with van der Waals surface area (Å²) in [4.78, 5) is 25.3. The van der Waals surface area contributed by atoms with E-state index in [0.717, 1.165) is 5.56 Å². The molecule has 0 aliphatic heterocycles. The first kappa shape index (κ1) is 26.2. The molecule has 0 radical (unpaired) electrons. The lowest BCUT2D eigenvalue weighted by molar-refractivity contribution is -0.123. The lowest BCUT2D eigenvalue weighted by Gasteiger charge is -2.19. The highest BCUT2D eigenvalue weighted by molar-refractivity contribution is 6.30. The minimum atomic E-state index is -0.730. The van der Waals surface area contributed by atoms with Crippen molar-refractivity contribution in [3.8, 4) is 11.5 Å². The number of ether oxygens (including phenoxy) is 2. The summed E-state index contributed by atoms with van der Waals surface area (Å²) in [6.07, 6.45) is 2.01. The van der Waals surface area contributed by atoms with Gasteiger partial charge in [0, 0.05) is 10.6 Å². The zero-order valence-electron chi connectivity index (χ0n) is 19.7. The van der Waals surface area contributed by atoms with E-state index in [2.05, 4.69) is 15.8 Å². The average Bonchev–Trinajstić information content (AvgIpc) is 2.75. The highest BCUT2D eigenvalue weighted by atomic mass is 35.5. The van der Waals surface area contributed by atoms with E-state index in [9.17, 15) is 9.59 Å². The fourth-order valence-electron chi connectivity index (χ4n) is 3.02. The van der Waals surface area contributed by atoms with E-state index in [4.69, 9.17) is 21.1 Å². The molecule has 0 aliphatic carbocycles. The fraction of sp³-hybridized carbons (Fsp3) is 0.400. The molecule has 0 aliphatic rings. The van der Waals surface area contributed by atoms with Crippen LogP contribution in [0.2, 0.25) is 5.02 Å². The number of halogens is 1. The van der Waals surface area contributed by atoms with Gasteiger partial charge >= 0.3 is 0 Å². The molecule has 2 N–H and O–H groups in total. The SMILES string of the molecule is CCOc1cc(/C=N/NC(=O)C(CC(C)C)NC(=O)c2ccc(Cl)cc2)ccc1OC(C)C. The topological polar surface area (TPSA) is 89.0 Å². The van der Waals surface area contributed by atoms with Crippen molar-refractivity contribution in [3.63, 3.8) is 0 Å². The van der Waals surface area contributed by atoms with E-state index in [-0.39, 0.29) is 17.9 Å². The summed E-state index contributed by atoms with van der Waals surface area (Å²) in [5, 5.41) is 7.38. The highest BCUT2D eigenvalue weighted by Crippen LogP contribution is 2.29. The number of carbonyl (C=O) groups is 2. The zero-order chi connectivity index (χ0) is 24.4. The molecule has 1 unspecified atom stereocenters. The van der Waals surface area contributed by atoms with Gasteiger partial charge < -0.3 is 14.8 Å². The molecule has 0 heterocycles. The zero-order valence-corrected chi connectivity index (χ0v) is 20.5. The van der Waals surface area contributed by atoms with Gasteiger partial charge in [-0.2, -0.15) is 5.10 Å². The molecule has 2 aromatic rings. The molecular formula is C25H32ClN3O4. The Kier molecular flexibility index (Phi) is 10.2. The summed E-state index contributed by atoms with van der Waals surface area (Å²) in [5.41, 5.74) is 3.69. The number of hydrogen-bond acceptors (Lipinski definition) is 5. The summed E-state index contributed by atoms with van der Waals surface area (Å²) >= 11 is 5.88. The number of nitrogens with zero attached hydrogens (tertiary/aromatic N) is 1. The van der Waals surface area contributed by atoms with Crippen LogP contribution >= 0.6 is 11.6 Å². The maximum Gasteiger partial charge on any atom is 0.262 e. The highest BCUT2D eigenvalue weighted by Gasteiger charge is 2.22. The molecule has 0 aromatic heterocycles. The minimum Gasteiger partial charge on any atom is -0.490 e. The summed E-state index contributed by atoms with van der Waals surface area (Å²) in [7, 11) is 0. The second-order valence-corrected chi connectivity index (χ2v) is 8.64. The van der Waals surface area contributed by atoms with Crippen LogP contribution in [0.25, 0.3) is 0 Å². The maximum absolute atomic E-state index is 12.7. The van der Waals surface area contributed by atoms with Crippen LogP contribution in [-0.2, 0) is 4.79 Å². The van der Waals surface area contributed by atoms with Gasteiger partial charge in [-0.15, -0.1) is 0 Å². The van der Waals surface area contributed by atoms with Crippen molar-refractivity contribution in [2.24, 2.45) is 11.0 Å². The van der Waals surface area contributed by atoms with Gasteiger partial charge in [-0.3, -0.25) is 9.59 Å². The molecule has 2 rings (SSSR count). The van der Waals surface area contributed by atoms with Crippen molar-refractivity contribution < 1.29 is 19.1 Å². The predicted octanol–water partition coefficient (Wildman–Crippen LogP) is 4.82. The van der Waals surface area contributed by atoms with Crippen LogP contribution in [0.3, 0.4) is 0 Å². The second kappa shape index (κ2) is 12.8. The molecule has 8 heteroatoms. The molecule has 2 amide bonds. The van der Waals surface area contributed by atoms with Crippen molar-refractivity contribution in [2.75, 3.05) is 6.61 Å². The standard InChI is InChI=1S/C25H32ClN3O4/c1-6-32-23-14-18(7-12-22(23)33-17(4)5)15-27-29-25(31)21(13-16(2)3)28-24(30)19-8-10-20(26)11-9-19/h7-12,14-17,21H,6,13H2,1-5H3,(H,28,30)(H,29,31)/b27-15+. The Morgan fingerprint density at radius 3 is 2.36 bits per heavy atom. The van der Waals surface area contributed by atoms with Crippen LogP contribution in [0.4, 0.5) is 0 Å². The number of hydrazone groups is 1. The monoisotopic (exact) mass is 473 g/mol. The molecule has 0 fully saturated rings. The van der Waals surface area contributed by atoms with Crippen LogP contribution < -0.4 is 20.2 Å².